The number of aryl methyl sites for hydroxylation is 1. The number of carbonyl (C=O) groups is 1. The van der Waals surface area contributed by atoms with Gasteiger partial charge in [-0.1, -0.05) is 13.8 Å². The second kappa shape index (κ2) is 6.17. The van der Waals surface area contributed by atoms with Crippen LogP contribution in [0, 0.1) is 6.92 Å². The molecule has 0 saturated heterocycles. The molecule has 0 unspecified atom stereocenters. The van der Waals surface area contributed by atoms with E-state index in [0.717, 1.165) is 28.7 Å². The van der Waals surface area contributed by atoms with Gasteiger partial charge in [0.1, 0.15) is 0 Å². The number of hydrogen-bond donors (Lipinski definition) is 1. The third-order valence-electron chi connectivity index (χ3n) is 2.92. The minimum atomic E-state index is 0.137. The predicted molar refractivity (Wildman–Crippen MR) is 75.4 cm³/mol. The van der Waals surface area contributed by atoms with E-state index < -0.39 is 0 Å². The molecule has 0 bridgehead atoms. The summed E-state index contributed by atoms with van der Waals surface area (Å²) < 4.78 is 0.792. The standard InChI is InChI=1S/C13H19BrN2O/c1-4-16(5-2)8-12(17)10-6-9(3)13(15)11(14)7-10/h6-7H,4-5,8,15H2,1-3H3. The molecule has 94 valence electrons. The zero-order valence-corrected chi connectivity index (χ0v) is 12.2. The maximum Gasteiger partial charge on any atom is 0.176 e. The van der Waals surface area contributed by atoms with Crippen LogP contribution in [0.3, 0.4) is 0 Å². The molecule has 4 heteroatoms. The van der Waals surface area contributed by atoms with Crippen LogP contribution in [-0.4, -0.2) is 30.3 Å². The normalized spacial score (nSPS) is 10.9. The molecule has 0 saturated carbocycles. The summed E-state index contributed by atoms with van der Waals surface area (Å²) in [5.41, 5.74) is 8.19. The van der Waals surface area contributed by atoms with Gasteiger partial charge in [-0.3, -0.25) is 9.69 Å². The monoisotopic (exact) mass is 298 g/mol. The van der Waals surface area contributed by atoms with Crippen molar-refractivity contribution in [2.75, 3.05) is 25.4 Å². The van der Waals surface area contributed by atoms with Gasteiger partial charge in [0.15, 0.2) is 5.78 Å². The molecule has 0 aliphatic carbocycles. The zero-order chi connectivity index (χ0) is 13.0. The molecule has 0 radical (unpaired) electrons. The topological polar surface area (TPSA) is 46.3 Å². The van der Waals surface area contributed by atoms with Gasteiger partial charge in [0.25, 0.3) is 0 Å². The van der Waals surface area contributed by atoms with Crippen molar-refractivity contribution in [3.63, 3.8) is 0 Å². The van der Waals surface area contributed by atoms with Gasteiger partial charge in [0.05, 0.1) is 6.54 Å². The number of ketones is 1. The van der Waals surface area contributed by atoms with E-state index in [4.69, 9.17) is 5.73 Å². The number of carbonyl (C=O) groups excluding carboxylic acids is 1. The summed E-state index contributed by atoms with van der Waals surface area (Å²) in [6.07, 6.45) is 0. The summed E-state index contributed by atoms with van der Waals surface area (Å²) in [5, 5.41) is 0. The number of benzene rings is 1. The fourth-order valence-corrected chi connectivity index (χ4v) is 2.22. The summed E-state index contributed by atoms with van der Waals surface area (Å²) in [6.45, 7) is 8.26. The Morgan fingerprint density at radius 3 is 2.41 bits per heavy atom. The van der Waals surface area contributed by atoms with Crippen molar-refractivity contribution in [2.24, 2.45) is 0 Å². The van der Waals surface area contributed by atoms with Gasteiger partial charge in [0, 0.05) is 15.7 Å². The van der Waals surface area contributed by atoms with Crippen molar-refractivity contribution in [3.8, 4) is 0 Å². The first kappa shape index (κ1) is 14.2. The highest BCUT2D eigenvalue weighted by Gasteiger charge is 2.12. The first-order valence-electron chi connectivity index (χ1n) is 5.80. The molecule has 17 heavy (non-hydrogen) atoms. The summed E-state index contributed by atoms with van der Waals surface area (Å²) in [7, 11) is 0. The second-order valence-corrected chi connectivity index (χ2v) is 4.93. The van der Waals surface area contributed by atoms with Crippen LogP contribution in [-0.2, 0) is 0 Å². The van der Waals surface area contributed by atoms with E-state index in [1.165, 1.54) is 0 Å². The first-order chi connectivity index (χ1) is 7.99. The smallest absolute Gasteiger partial charge is 0.176 e. The molecule has 0 aliphatic rings. The van der Waals surface area contributed by atoms with Crippen molar-refractivity contribution >= 4 is 27.4 Å². The van der Waals surface area contributed by atoms with Crippen molar-refractivity contribution in [2.45, 2.75) is 20.8 Å². The van der Waals surface area contributed by atoms with E-state index in [1.54, 1.807) is 6.07 Å². The third kappa shape index (κ3) is 3.54. The lowest BCUT2D eigenvalue weighted by molar-refractivity contribution is 0.0937. The van der Waals surface area contributed by atoms with Crippen LogP contribution in [0.5, 0.6) is 0 Å². The number of Topliss-reactive ketones (excluding diaryl/α,β-unsaturated/α-hetero) is 1. The minimum absolute atomic E-state index is 0.137. The van der Waals surface area contributed by atoms with Gasteiger partial charge in [-0.05, 0) is 53.6 Å². The Bertz CT molecular complexity index is 391. The number of anilines is 1. The van der Waals surface area contributed by atoms with Gasteiger partial charge in [0.2, 0.25) is 0 Å². The quantitative estimate of drug-likeness (QED) is 0.672. The van der Waals surface area contributed by atoms with E-state index in [9.17, 15) is 4.79 Å². The lowest BCUT2D eigenvalue weighted by atomic mass is 10.1. The molecule has 1 aromatic rings. The second-order valence-electron chi connectivity index (χ2n) is 4.07. The third-order valence-corrected chi connectivity index (χ3v) is 3.58. The van der Waals surface area contributed by atoms with Crippen LogP contribution in [0.4, 0.5) is 5.69 Å². The molecule has 0 amide bonds. The molecule has 0 aliphatic heterocycles. The van der Waals surface area contributed by atoms with Crippen LogP contribution >= 0.6 is 15.9 Å². The molecule has 0 aromatic heterocycles. The Kier molecular flexibility index (Phi) is 5.15. The molecule has 1 rings (SSSR count). The van der Waals surface area contributed by atoms with E-state index >= 15 is 0 Å². The Labute approximate surface area is 111 Å². The number of nitrogens with zero attached hydrogens (tertiary/aromatic N) is 1. The molecular weight excluding hydrogens is 280 g/mol. The summed E-state index contributed by atoms with van der Waals surface area (Å²) in [5.74, 6) is 0.137. The van der Waals surface area contributed by atoms with Gasteiger partial charge < -0.3 is 5.73 Å². The van der Waals surface area contributed by atoms with E-state index in [2.05, 4.69) is 34.7 Å². The van der Waals surface area contributed by atoms with Crippen molar-refractivity contribution in [1.29, 1.82) is 0 Å². The highest BCUT2D eigenvalue weighted by atomic mass is 79.9. The summed E-state index contributed by atoms with van der Waals surface area (Å²) >= 11 is 3.37. The number of likely N-dealkylation sites (N-methyl/N-ethyl adjacent to an activating group) is 1. The fraction of sp³-hybridized carbons (Fsp3) is 0.462. The zero-order valence-electron chi connectivity index (χ0n) is 10.6. The van der Waals surface area contributed by atoms with Crippen molar-refractivity contribution < 1.29 is 4.79 Å². The van der Waals surface area contributed by atoms with Crippen molar-refractivity contribution in [1.82, 2.24) is 4.90 Å². The SMILES string of the molecule is CCN(CC)CC(=O)c1cc(C)c(N)c(Br)c1. The highest BCUT2D eigenvalue weighted by molar-refractivity contribution is 9.10. The molecule has 0 heterocycles. The van der Waals surface area contributed by atoms with Gasteiger partial charge in [-0.25, -0.2) is 0 Å². The Balaban J connectivity index is 2.90. The molecule has 3 nitrogen and oxygen atoms in total. The van der Waals surface area contributed by atoms with Crippen LogP contribution in [0.2, 0.25) is 0 Å². The number of halogens is 1. The molecule has 1 aromatic carbocycles. The van der Waals surface area contributed by atoms with E-state index in [-0.39, 0.29) is 5.78 Å². The van der Waals surface area contributed by atoms with Gasteiger partial charge in [-0.15, -0.1) is 0 Å². The van der Waals surface area contributed by atoms with Crippen LogP contribution in [0.1, 0.15) is 29.8 Å². The maximum atomic E-state index is 12.1. The Morgan fingerprint density at radius 1 is 1.35 bits per heavy atom. The summed E-state index contributed by atoms with van der Waals surface area (Å²) in [6, 6.07) is 3.65. The number of hydrogen-bond acceptors (Lipinski definition) is 3. The Hall–Kier alpha value is -0.870. The van der Waals surface area contributed by atoms with Gasteiger partial charge in [-0.2, -0.15) is 0 Å². The maximum absolute atomic E-state index is 12.1. The van der Waals surface area contributed by atoms with E-state index in [1.807, 2.05) is 13.0 Å². The molecule has 0 spiro atoms. The minimum Gasteiger partial charge on any atom is -0.398 e. The van der Waals surface area contributed by atoms with Crippen LogP contribution < -0.4 is 5.73 Å². The first-order valence-corrected chi connectivity index (χ1v) is 6.60. The van der Waals surface area contributed by atoms with Gasteiger partial charge >= 0.3 is 0 Å². The average molecular weight is 299 g/mol. The van der Waals surface area contributed by atoms with Crippen molar-refractivity contribution in [3.05, 3.63) is 27.7 Å². The average Bonchev–Trinajstić information content (AvgIpc) is 2.31. The van der Waals surface area contributed by atoms with Crippen LogP contribution in [0.15, 0.2) is 16.6 Å². The molecular formula is C13H19BrN2O. The highest BCUT2D eigenvalue weighted by Crippen LogP contribution is 2.25. The lowest BCUT2D eigenvalue weighted by Crippen LogP contribution is -2.29. The largest absolute Gasteiger partial charge is 0.398 e. The van der Waals surface area contributed by atoms with Crippen LogP contribution in [0.25, 0.3) is 0 Å². The van der Waals surface area contributed by atoms with E-state index in [0.29, 0.717) is 12.2 Å². The molecule has 0 atom stereocenters. The predicted octanol–water partition coefficient (Wildman–Crippen LogP) is 2.86. The number of rotatable bonds is 5. The molecule has 0 fully saturated rings. The fourth-order valence-electron chi connectivity index (χ4n) is 1.66. The Morgan fingerprint density at radius 2 is 1.94 bits per heavy atom. The molecule has 2 N–H and O–H groups in total. The number of nitrogen functional groups attached to an aromatic ring is 1. The lowest BCUT2D eigenvalue weighted by Gasteiger charge is -2.17. The number of nitrogens with two attached hydrogens (primary N) is 1. The summed E-state index contributed by atoms with van der Waals surface area (Å²) in [4.78, 5) is 14.2.